The van der Waals surface area contributed by atoms with Gasteiger partial charge in [0.05, 0.1) is 17.5 Å². The number of nitrogens with one attached hydrogen (secondary N) is 1. The molecule has 0 radical (unpaired) electrons. The van der Waals surface area contributed by atoms with Crippen LogP contribution < -0.4 is 10.1 Å². The van der Waals surface area contributed by atoms with Crippen molar-refractivity contribution in [3.8, 4) is 22.8 Å². The van der Waals surface area contributed by atoms with Gasteiger partial charge in [0.15, 0.2) is 0 Å². The van der Waals surface area contributed by atoms with Gasteiger partial charge in [-0.05, 0) is 61.0 Å². The Morgan fingerprint density at radius 1 is 0.879 bits per heavy atom. The van der Waals surface area contributed by atoms with Crippen LogP contribution in [0.25, 0.3) is 22.2 Å². The first-order valence-corrected chi connectivity index (χ1v) is 10.7. The SMILES string of the molecule is Fc1ccc(Oc2ccc(-c3nc(NCCCn4ccnc4)nc4ccccc34)cc2)cc1. The van der Waals surface area contributed by atoms with Crippen LogP contribution in [0.2, 0.25) is 0 Å². The van der Waals surface area contributed by atoms with Crippen LogP contribution in [0.1, 0.15) is 6.42 Å². The van der Waals surface area contributed by atoms with Crippen molar-refractivity contribution in [1.82, 2.24) is 19.5 Å². The molecule has 33 heavy (non-hydrogen) atoms. The molecule has 7 heteroatoms. The number of halogens is 1. The number of aromatic nitrogens is 4. The first-order valence-electron chi connectivity index (χ1n) is 10.7. The van der Waals surface area contributed by atoms with Gasteiger partial charge in [-0.2, -0.15) is 0 Å². The molecule has 164 valence electrons. The maximum absolute atomic E-state index is 13.1. The predicted octanol–water partition coefficient (Wildman–Crippen LogP) is 5.93. The largest absolute Gasteiger partial charge is 0.457 e. The molecule has 0 spiro atoms. The molecule has 0 saturated carbocycles. The fraction of sp³-hybridized carbons (Fsp3) is 0.115. The lowest BCUT2D eigenvalue weighted by molar-refractivity contribution is 0.480. The normalized spacial score (nSPS) is 10.9. The number of benzene rings is 3. The molecule has 0 aliphatic carbocycles. The van der Waals surface area contributed by atoms with Crippen LogP contribution in [0.15, 0.2) is 91.5 Å². The van der Waals surface area contributed by atoms with E-state index in [9.17, 15) is 4.39 Å². The second kappa shape index (κ2) is 9.48. The summed E-state index contributed by atoms with van der Waals surface area (Å²) >= 11 is 0. The second-order valence-corrected chi connectivity index (χ2v) is 7.57. The minimum atomic E-state index is -0.292. The zero-order valence-electron chi connectivity index (χ0n) is 17.9. The van der Waals surface area contributed by atoms with Gasteiger partial charge in [0.1, 0.15) is 17.3 Å². The number of rotatable bonds is 8. The Kier molecular flexibility index (Phi) is 5.93. The average molecular weight is 439 g/mol. The van der Waals surface area contributed by atoms with E-state index < -0.39 is 0 Å². The summed E-state index contributed by atoms with van der Waals surface area (Å²) in [6, 6.07) is 21.6. The van der Waals surface area contributed by atoms with E-state index in [1.807, 2.05) is 65.6 Å². The first kappa shape index (κ1) is 20.6. The third kappa shape index (κ3) is 4.98. The molecular formula is C26H22FN5O. The predicted molar refractivity (Wildman–Crippen MR) is 127 cm³/mol. The lowest BCUT2D eigenvalue weighted by Gasteiger charge is -2.11. The van der Waals surface area contributed by atoms with E-state index in [4.69, 9.17) is 9.72 Å². The van der Waals surface area contributed by atoms with Crippen LogP contribution in [0.3, 0.4) is 0 Å². The summed E-state index contributed by atoms with van der Waals surface area (Å²) in [6.07, 6.45) is 6.47. The van der Waals surface area contributed by atoms with Gasteiger partial charge in [-0.1, -0.05) is 18.2 Å². The lowest BCUT2D eigenvalue weighted by atomic mass is 10.1. The van der Waals surface area contributed by atoms with E-state index in [0.717, 1.165) is 41.7 Å². The highest BCUT2D eigenvalue weighted by atomic mass is 19.1. The van der Waals surface area contributed by atoms with Crippen molar-refractivity contribution in [2.45, 2.75) is 13.0 Å². The van der Waals surface area contributed by atoms with Crippen LogP contribution in [0.5, 0.6) is 11.5 Å². The molecular weight excluding hydrogens is 417 g/mol. The molecule has 0 amide bonds. The van der Waals surface area contributed by atoms with Crippen LogP contribution in [-0.4, -0.2) is 26.1 Å². The van der Waals surface area contributed by atoms with Crippen molar-refractivity contribution in [3.05, 3.63) is 97.3 Å². The van der Waals surface area contributed by atoms with Crippen LogP contribution in [0, 0.1) is 5.82 Å². The minimum Gasteiger partial charge on any atom is -0.457 e. The molecule has 2 heterocycles. The topological polar surface area (TPSA) is 64.9 Å². The van der Waals surface area contributed by atoms with Gasteiger partial charge in [0.2, 0.25) is 5.95 Å². The molecule has 0 saturated heterocycles. The van der Waals surface area contributed by atoms with Crippen molar-refractivity contribution < 1.29 is 9.13 Å². The molecule has 0 unspecified atom stereocenters. The smallest absolute Gasteiger partial charge is 0.223 e. The molecule has 0 aliphatic rings. The number of para-hydroxylation sites is 1. The fourth-order valence-corrected chi connectivity index (χ4v) is 3.58. The third-order valence-corrected chi connectivity index (χ3v) is 5.22. The zero-order valence-corrected chi connectivity index (χ0v) is 17.9. The fourth-order valence-electron chi connectivity index (χ4n) is 3.58. The van der Waals surface area contributed by atoms with Crippen LogP contribution in [0.4, 0.5) is 10.3 Å². The average Bonchev–Trinajstić information content (AvgIpc) is 3.37. The number of hydrogen-bond donors (Lipinski definition) is 1. The summed E-state index contributed by atoms with van der Waals surface area (Å²) in [4.78, 5) is 13.6. The van der Waals surface area contributed by atoms with Crippen molar-refractivity contribution in [3.63, 3.8) is 0 Å². The van der Waals surface area contributed by atoms with E-state index in [2.05, 4.69) is 15.3 Å². The van der Waals surface area contributed by atoms with Crippen molar-refractivity contribution in [2.75, 3.05) is 11.9 Å². The molecule has 5 rings (SSSR count). The van der Waals surface area contributed by atoms with Crippen molar-refractivity contribution in [2.24, 2.45) is 0 Å². The van der Waals surface area contributed by atoms with Gasteiger partial charge in [0.25, 0.3) is 0 Å². The maximum Gasteiger partial charge on any atom is 0.223 e. The van der Waals surface area contributed by atoms with Gasteiger partial charge in [0, 0.05) is 36.4 Å². The van der Waals surface area contributed by atoms with E-state index in [1.54, 1.807) is 18.3 Å². The van der Waals surface area contributed by atoms with E-state index in [0.29, 0.717) is 17.4 Å². The number of hydrogen-bond acceptors (Lipinski definition) is 5. The zero-order chi connectivity index (χ0) is 22.5. The molecule has 2 aromatic heterocycles. The monoisotopic (exact) mass is 439 g/mol. The molecule has 0 atom stereocenters. The number of imidazole rings is 1. The van der Waals surface area contributed by atoms with Gasteiger partial charge in [-0.3, -0.25) is 0 Å². The van der Waals surface area contributed by atoms with E-state index >= 15 is 0 Å². The van der Waals surface area contributed by atoms with Crippen LogP contribution >= 0.6 is 0 Å². The summed E-state index contributed by atoms with van der Waals surface area (Å²) in [6.45, 7) is 1.63. The number of aryl methyl sites for hydroxylation is 1. The lowest BCUT2D eigenvalue weighted by Crippen LogP contribution is -2.09. The summed E-state index contributed by atoms with van der Waals surface area (Å²) in [5, 5.41) is 4.33. The third-order valence-electron chi connectivity index (χ3n) is 5.22. The minimum absolute atomic E-state index is 0.292. The van der Waals surface area contributed by atoms with E-state index in [-0.39, 0.29) is 5.82 Å². The Balaban J connectivity index is 1.35. The summed E-state index contributed by atoms with van der Waals surface area (Å²) < 4.78 is 21.0. The summed E-state index contributed by atoms with van der Waals surface area (Å²) in [7, 11) is 0. The highest BCUT2D eigenvalue weighted by Crippen LogP contribution is 2.30. The molecule has 6 nitrogen and oxygen atoms in total. The molecule has 0 bridgehead atoms. The molecule has 0 aliphatic heterocycles. The molecule has 5 aromatic rings. The highest BCUT2D eigenvalue weighted by Gasteiger charge is 2.10. The number of nitrogens with zero attached hydrogens (tertiary/aromatic N) is 4. The Morgan fingerprint density at radius 3 is 2.39 bits per heavy atom. The highest BCUT2D eigenvalue weighted by molar-refractivity contribution is 5.93. The van der Waals surface area contributed by atoms with Gasteiger partial charge in [-0.25, -0.2) is 19.3 Å². The quantitative estimate of drug-likeness (QED) is 0.304. The summed E-state index contributed by atoms with van der Waals surface area (Å²) in [5.74, 6) is 1.56. The Bertz CT molecular complexity index is 1340. The standard InChI is InChI=1S/C26H22FN5O/c27-20-8-12-22(13-9-20)33-21-10-6-19(7-11-21)25-23-4-1-2-5-24(23)30-26(31-25)29-14-3-16-32-17-15-28-18-32/h1-2,4-13,15,17-18H,3,14,16H2,(H,29,30,31). The van der Waals surface area contributed by atoms with Crippen molar-refractivity contribution >= 4 is 16.9 Å². The van der Waals surface area contributed by atoms with Gasteiger partial charge in [-0.15, -0.1) is 0 Å². The van der Waals surface area contributed by atoms with Gasteiger partial charge >= 0.3 is 0 Å². The van der Waals surface area contributed by atoms with Crippen molar-refractivity contribution in [1.29, 1.82) is 0 Å². The Morgan fingerprint density at radius 2 is 1.64 bits per heavy atom. The van der Waals surface area contributed by atoms with Crippen LogP contribution in [-0.2, 0) is 6.54 Å². The maximum atomic E-state index is 13.1. The first-order chi connectivity index (χ1) is 16.2. The van der Waals surface area contributed by atoms with E-state index in [1.165, 1.54) is 12.1 Å². The number of fused-ring (bicyclic) bond motifs is 1. The molecule has 3 aromatic carbocycles. The Hall–Kier alpha value is -4.26. The second-order valence-electron chi connectivity index (χ2n) is 7.57. The Labute approximate surface area is 190 Å². The van der Waals surface area contributed by atoms with Gasteiger partial charge < -0.3 is 14.6 Å². The molecule has 0 fully saturated rings. The summed E-state index contributed by atoms with van der Waals surface area (Å²) in [5.41, 5.74) is 2.69. The molecule has 1 N–H and O–H groups in total. The number of anilines is 1. The number of ether oxygens (including phenoxy) is 1.